The lowest BCUT2D eigenvalue weighted by molar-refractivity contribution is 0.327. The Morgan fingerprint density at radius 3 is 1.74 bits per heavy atom. The maximum absolute atomic E-state index is 2.56. The van der Waals surface area contributed by atoms with Crippen molar-refractivity contribution in [3.63, 3.8) is 0 Å². The van der Waals surface area contributed by atoms with Crippen LogP contribution in [0.4, 0.5) is 17.1 Å². The second-order valence-corrected chi connectivity index (χ2v) is 16.5. The summed E-state index contributed by atoms with van der Waals surface area (Å²) >= 11 is 0. The van der Waals surface area contributed by atoms with Crippen LogP contribution >= 0.6 is 0 Å². The number of benzene rings is 7. The number of anilines is 3. The van der Waals surface area contributed by atoms with Crippen molar-refractivity contribution in [3.8, 4) is 44.5 Å². The van der Waals surface area contributed by atoms with Crippen molar-refractivity contribution in [2.24, 2.45) is 11.8 Å². The highest BCUT2D eigenvalue weighted by Gasteiger charge is 2.56. The molecule has 0 amide bonds. The Morgan fingerprint density at radius 1 is 0.453 bits per heavy atom. The zero-order valence-electron chi connectivity index (χ0n) is 30.5. The topological polar surface area (TPSA) is 3.24 Å². The molecule has 256 valence electrons. The standard InChI is InChI=1S/C52H43N/c1-51(2)47-21-10-8-18-43(47)46-20-12-19-45(50(46)51)41-16-7-6-15-40(41)35-24-27-38(28-25-35)53(37-13-4-3-5-14-37)39-29-30-44-42-17-9-11-22-48(42)52(49(44)32-39)33-34-23-26-36(52)31-34/h3-22,24-25,27-30,32,34,36H,23,26,31,33H2,1-2H3. The van der Waals surface area contributed by atoms with Gasteiger partial charge in [-0.2, -0.15) is 0 Å². The van der Waals surface area contributed by atoms with Gasteiger partial charge in [-0.1, -0.05) is 148 Å². The van der Waals surface area contributed by atoms with E-state index in [1.807, 2.05) is 0 Å². The predicted octanol–water partition coefficient (Wildman–Crippen LogP) is 13.9. The van der Waals surface area contributed by atoms with E-state index in [0.29, 0.717) is 0 Å². The van der Waals surface area contributed by atoms with Crippen molar-refractivity contribution < 1.29 is 0 Å². The number of rotatable bonds is 5. The predicted molar refractivity (Wildman–Crippen MR) is 221 cm³/mol. The Bertz CT molecular complexity index is 2560. The smallest absolute Gasteiger partial charge is 0.0465 e. The molecule has 3 atom stereocenters. The van der Waals surface area contributed by atoms with Crippen LogP contribution < -0.4 is 4.90 Å². The summed E-state index contributed by atoms with van der Waals surface area (Å²) in [6.07, 6.45) is 5.41. The largest absolute Gasteiger partial charge is 0.310 e. The summed E-state index contributed by atoms with van der Waals surface area (Å²) in [5.74, 6) is 1.59. The van der Waals surface area contributed by atoms with Crippen LogP contribution in [0.25, 0.3) is 44.5 Å². The zero-order valence-corrected chi connectivity index (χ0v) is 30.5. The summed E-state index contributed by atoms with van der Waals surface area (Å²) in [5.41, 5.74) is 20.3. The molecule has 2 bridgehead atoms. The van der Waals surface area contributed by atoms with Crippen LogP contribution in [-0.4, -0.2) is 0 Å². The van der Waals surface area contributed by atoms with E-state index in [9.17, 15) is 0 Å². The van der Waals surface area contributed by atoms with Gasteiger partial charge in [0.1, 0.15) is 0 Å². The van der Waals surface area contributed by atoms with Crippen LogP contribution in [0.5, 0.6) is 0 Å². The van der Waals surface area contributed by atoms with Crippen molar-refractivity contribution in [2.45, 2.75) is 50.4 Å². The van der Waals surface area contributed by atoms with Crippen LogP contribution in [0.3, 0.4) is 0 Å². The monoisotopic (exact) mass is 681 g/mol. The summed E-state index contributed by atoms with van der Waals surface area (Å²) in [6.45, 7) is 4.76. The number of nitrogens with zero attached hydrogens (tertiary/aromatic N) is 1. The molecule has 0 heterocycles. The molecule has 53 heavy (non-hydrogen) atoms. The van der Waals surface area contributed by atoms with Gasteiger partial charge in [-0.25, -0.2) is 0 Å². The first kappa shape index (κ1) is 30.9. The summed E-state index contributed by atoms with van der Waals surface area (Å²) in [6, 6.07) is 61.6. The molecule has 7 aromatic rings. The fourth-order valence-electron chi connectivity index (χ4n) is 11.4. The normalized spacial score (nSPS) is 20.9. The average Bonchev–Trinajstić information content (AvgIpc) is 3.96. The van der Waals surface area contributed by atoms with Gasteiger partial charge >= 0.3 is 0 Å². The lowest BCUT2D eigenvalue weighted by Gasteiger charge is -2.37. The first-order valence-corrected chi connectivity index (χ1v) is 19.6. The fourth-order valence-corrected chi connectivity index (χ4v) is 11.4. The van der Waals surface area contributed by atoms with E-state index in [1.165, 1.54) is 98.4 Å². The van der Waals surface area contributed by atoms with Crippen molar-refractivity contribution in [1.82, 2.24) is 0 Å². The van der Waals surface area contributed by atoms with Crippen molar-refractivity contribution >= 4 is 17.1 Å². The molecule has 4 aliphatic rings. The molecule has 3 unspecified atom stereocenters. The highest BCUT2D eigenvalue weighted by molar-refractivity contribution is 5.93. The average molecular weight is 682 g/mol. The third-order valence-corrected chi connectivity index (χ3v) is 13.5. The Labute approximate surface area is 313 Å². The van der Waals surface area contributed by atoms with E-state index in [4.69, 9.17) is 0 Å². The van der Waals surface area contributed by atoms with Crippen LogP contribution in [0.15, 0.2) is 164 Å². The molecule has 7 aromatic carbocycles. The zero-order chi connectivity index (χ0) is 35.3. The lowest BCUT2D eigenvalue weighted by Crippen LogP contribution is -2.31. The molecule has 1 spiro atoms. The first-order valence-electron chi connectivity index (χ1n) is 19.6. The van der Waals surface area contributed by atoms with Gasteiger partial charge in [0.2, 0.25) is 0 Å². The molecule has 2 saturated carbocycles. The molecule has 0 N–H and O–H groups in total. The van der Waals surface area contributed by atoms with Gasteiger partial charge in [0.25, 0.3) is 0 Å². The third kappa shape index (κ3) is 4.37. The Morgan fingerprint density at radius 2 is 1.02 bits per heavy atom. The molecule has 1 heteroatoms. The number of fused-ring (bicyclic) bond motifs is 11. The van der Waals surface area contributed by atoms with Gasteiger partial charge in [0, 0.05) is 27.9 Å². The molecule has 1 nitrogen and oxygen atoms in total. The van der Waals surface area contributed by atoms with E-state index >= 15 is 0 Å². The summed E-state index contributed by atoms with van der Waals surface area (Å²) in [5, 5.41) is 0. The molecule has 2 fully saturated rings. The second kappa shape index (κ2) is 11.4. The number of hydrogen-bond donors (Lipinski definition) is 0. The van der Waals surface area contributed by atoms with Crippen molar-refractivity contribution in [3.05, 3.63) is 186 Å². The summed E-state index contributed by atoms with van der Waals surface area (Å²) in [4.78, 5) is 2.46. The summed E-state index contributed by atoms with van der Waals surface area (Å²) in [7, 11) is 0. The lowest BCUT2D eigenvalue weighted by atomic mass is 9.67. The van der Waals surface area contributed by atoms with Crippen LogP contribution in [0.1, 0.15) is 61.8 Å². The first-order chi connectivity index (χ1) is 26.0. The quantitative estimate of drug-likeness (QED) is 0.175. The highest BCUT2D eigenvalue weighted by atomic mass is 15.1. The minimum Gasteiger partial charge on any atom is -0.310 e. The van der Waals surface area contributed by atoms with E-state index in [-0.39, 0.29) is 10.8 Å². The van der Waals surface area contributed by atoms with Gasteiger partial charge in [-0.05, 0) is 134 Å². The van der Waals surface area contributed by atoms with E-state index < -0.39 is 0 Å². The summed E-state index contributed by atoms with van der Waals surface area (Å²) < 4.78 is 0. The molecule has 0 radical (unpaired) electrons. The van der Waals surface area contributed by atoms with Crippen molar-refractivity contribution in [1.29, 1.82) is 0 Å². The molecular formula is C52H43N. The van der Waals surface area contributed by atoms with E-state index in [2.05, 4.69) is 183 Å². The SMILES string of the molecule is CC1(C)c2ccccc2-c2cccc(-c3ccccc3-c3ccc(N(c4ccccc4)c4ccc5c(c4)C4(CC6CCC4C6)c4ccccc4-5)cc3)c21. The maximum atomic E-state index is 2.56. The minimum atomic E-state index is -0.0798. The Balaban J connectivity index is 1.02. The fraction of sp³-hybridized carbons (Fsp3) is 0.192. The van der Waals surface area contributed by atoms with Crippen LogP contribution in [-0.2, 0) is 10.8 Å². The number of para-hydroxylation sites is 1. The minimum absolute atomic E-state index is 0.0798. The molecule has 0 aliphatic heterocycles. The van der Waals surface area contributed by atoms with Crippen LogP contribution in [0.2, 0.25) is 0 Å². The molecule has 0 aromatic heterocycles. The molecular weight excluding hydrogens is 639 g/mol. The highest BCUT2D eigenvalue weighted by Crippen LogP contribution is 2.66. The second-order valence-electron chi connectivity index (χ2n) is 16.5. The van der Waals surface area contributed by atoms with E-state index in [1.54, 1.807) is 11.1 Å². The third-order valence-electron chi connectivity index (χ3n) is 13.5. The number of hydrogen-bond acceptors (Lipinski definition) is 1. The molecule has 11 rings (SSSR count). The van der Waals surface area contributed by atoms with Gasteiger partial charge in [-0.15, -0.1) is 0 Å². The van der Waals surface area contributed by atoms with Gasteiger partial charge in [0.05, 0.1) is 0 Å². The van der Waals surface area contributed by atoms with E-state index in [0.717, 1.165) is 11.8 Å². The Hall–Kier alpha value is -5.66. The van der Waals surface area contributed by atoms with Gasteiger partial charge in [0.15, 0.2) is 0 Å². The Kier molecular flexibility index (Phi) is 6.66. The molecule has 4 aliphatic carbocycles. The van der Waals surface area contributed by atoms with Crippen molar-refractivity contribution in [2.75, 3.05) is 4.90 Å². The van der Waals surface area contributed by atoms with Gasteiger partial charge < -0.3 is 4.90 Å². The van der Waals surface area contributed by atoms with Crippen LogP contribution in [0, 0.1) is 11.8 Å². The van der Waals surface area contributed by atoms with Gasteiger partial charge in [-0.3, -0.25) is 0 Å². The molecule has 0 saturated heterocycles. The maximum Gasteiger partial charge on any atom is 0.0465 e.